The number of aryl methyl sites for hydroxylation is 1. The van der Waals surface area contributed by atoms with E-state index in [9.17, 15) is 9.59 Å². The van der Waals surface area contributed by atoms with Crippen molar-refractivity contribution in [1.82, 2.24) is 4.90 Å². The van der Waals surface area contributed by atoms with Crippen molar-refractivity contribution < 1.29 is 14.0 Å². The topological polar surface area (TPSA) is 62.6 Å². The van der Waals surface area contributed by atoms with Crippen LogP contribution in [0.4, 0.5) is 5.69 Å². The fourth-order valence-electron chi connectivity index (χ4n) is 2.73. The summed E-state index contributed by atoms with van der Waals surface area (Å²) < 4.78 is 5.81. The third kappa shape index (κ3) is 5.47. The van der Waals surface area contributed by atoms with Crippen molar-refractivity contribution in [1.29, 1.82) is 0 Å². The lowest BCUT2D eigenvalue weighted by atomic mass is 10.2. The number of carbonyl (C=O) groups excluding carboxylic acids is 2. The minimum absolute atomic E-state index is 0.0190. The van der Waals surface area contributed by atoms with Gasteiger partial charge in [-0.3, -0.25) is 9.59 Å². The van der Waals surface area contributed by atoms with Gasteiger partial charge in [-0.2, -0.15) is 0 Å². The van der Waals surface area contributed by atoms with Gasteiger partial charge in [0.15, 0.2) is 0 Å². The summed E-state index contributed by atoms with van der Waals surface area (Å²) in [6.07, 6.45) is 0.751. The van der Waals surface area contributed by atoms with Crippen LogP contribution >= 0.6 is 11.6 Å². The van der Waals surface area contributed by atoms with Crippen LogP contribution in [0.15, 0.2) is 71.1 Å². The molecule has 0 aliphatic heterocycles. The van der Waals surface area contributed by atoms with Crippen LogP contribution in [-0.2, 0) is 16.0 Å². The Balaban J connectivity index is 1.47. The van der Waals surface area contributed by atoms with Gasteiger partial charge in [-0.1, -0.05) is 41.9 Å². The van der Waals surface area contributed by atoms with Crippen molar-refractivity contribution in [2.45, 2.75) is 12.8 Å². The lowest BCUT2D eigenvalue weighted by molar-refractivity contribution is -0.133. The fourth-order valence-corrected chi connectivity index (χ4v) is 2.85. The summed E-state index contributed by atoms with van der Waals surface area (Å²) >= 11 is 5.82. The molecule has 0 aliphatic rings. The third-order valence-electron chi connectivity index (χ3n) is 4.24. The first kappa shape index (κ1) is 19.7. The Morgan fingerprint density at radius 2 is 1.71 bits per heavy atom. The number of hydrogen-bond acceptors (Lipinski definition) is 3. The number of benzene rings is 2. The first-order chi connectivity index (χ1) is 13.5. The van der Waals surface area contributed by atoms with Gasteiger partial charge in [0, 0.05) is 36.2 Å². The first-order valence-electron chi connectivity index (χ1n) is 8.95. The van der Waals surface area contributed by atoms with Gasteiger partial charge in [-0.05, 0) is 36.4 Å². The molecular formula is C22H21ClN2O3. The smallest absolute Gasteiger partial charge is 0.243 e. The molecule has 1 aromatic heterocycles. The second-order valence-corrected chi connectivity index (χ2v) is 6.87. The van der Waals surface area contributed by atoms with Gasteiger partial charge in [-0.15, -0.1) is 0 Å². The van der Waals surface area contributed by atoms with Gasteiger partial charge in [0.1, 0.15) is 11.5 Å². The van der Waals surface area contributed by atoms with Crippen molar-refractivity contribution in [3.05, 3.63) is 77.5 Å². The molecule has 0 saturated carbocycles. The lowest BCUT2D eigenvalue weighted by Crippen LogP contribution is -2.35. The van der Waals surface area contributed by atoms with Gasteiger partial charge >= 0.3 is 0 Å². The molecule has 2 amide bonds. The van der Waals surface area contributed by atoms with E-state index in [1.54, 1.807) is 31.3 Å². The highest BCUT2D eigenvalue weighted by Crippen LogP contribution is 2.22. The Bertz CT molecular complexity index is 936. The Labute approximate surface area is 168 Å². The second kappa shape index (κ2) is 9.24. The van der Waals surface area contributed by atoms with Crippen LogP contribution in [-0.4, -0.2) is 30.3 Å². The highest BCUT2D eigenvalue weighted by Gasteiger charge is 2.14. The van der Waals surface area contributed by atoms with E-state index < -0.39 is 0 Å². The van der Waals surface area contributed by atoms with Crippen LogP contribution in [0.5, 0.6) is 0 Å². The number of rotatable bonds is 7. The zero-order valence-electron chi connectivity index (χ0n) is 15.5. The SMILES string of the molecule is CN(CC(=O)Nc1ccc(Cl)cc1)C(=O)CCc1ccc(-c2ccccc2)o1. The predicted molar refractivity (Wildman–Crippen MR) is 110 cm³/mol. The zero-order chi connectivity index (χ0) is 19.9. The molecule has 28 heavy (non-hydrogen) atoms. The average Bonchev–Trinajstić information content (AvgIpc) is 3.17. The molecule has 6 heteroatoms. The normalized spacial score (nSPS) is 10.5. The highest BCUT2D eigenvalue weighted by molar-refractivity contribution is 6.30. The third-order valence-corrected chi connectivity index (χ3v) is 4.49. The summed E-state index contributed by atoms with van der Waals surface area (Å²) in [5.41, 5.74) is 1.63. The highest BCUT2D eigenvalue weighted by atomic mass is 35.5. The predicted octanol–water partition coefficient (Wildman–Crippen LogP) is 4.63. The lowest BCUT2D eigenvalue weighted by Gasteiger charge is -2.16. The molecule has 0 radical (unpaired) electrons. The number of hydrogen-bond donors (Lipinski definition) is 1. The number of anilines is 1. The zero-order valence-corrected chi connectivity index (χ0v) is 16.3. The molecule has 0 spiro atoms. The van der Waals surface area contributed by atoms with E-state index in [2.05, 4.69) is 5.32 Å². The van der Waals surface area contributed by atoms with E-state index in [4.69, 9.17) is 16.0 Å². The number of halogens is 1. The number of amides is 2. The van der Waals surface area contributed by atoms with Crippen LogP contribution in [0, 0.1) is 0 Å². The molecule has 0 fully saturated rings. The van der Waals surface area contributed by atoms with Crippen LogP contribution in [0.3, 0.4) is 0 Å². The molecule has 1 N–H and O–H groups in total. The Morgan fingerprint density at radius 3 is 2.43 bits per heavy atom. The number of furan rings is 1. The summed E-state index contributed by atoms with van der Waals surface area (Å²) in [6, 6.07) is 20.4. The summed E-state index contributed by atoms with van der Waals surface area (Å²) in [7, 11) is 1.61. The molecule has 1 heterocycles. The Morgan fingerprint density at radius 1 is 1.00 bits per heavy atom. The minimum atomic E-state index is -0.262. The van der Waals surface area contributed by atoms with Crippen molar-refractivity contribution in [3.63, 3.8) is 0 Å². The number of nitrogens with zero attached hydrogens (tertiary/aromatic N) is 1. The van der Waals surface area contributed by atoms with Crippen molar-refractivity contribution in [2.24, 2.45) is 0 Å². The average molecular weight is 397 g/mol. The molecule has 0 saturated heterocycles. The van der Waals surface area contributed by atoms with Gasteiger partial charge in [0.2, 0.25) is 11.8 Å². The van der Waals surface area contributed by atoms with Gasteiger partial charge in [0.05, 0.1) is 6.54 Å². The van der Waals surface area contributed by atoms with Gasteiger partial charge in [0.25, 0.3) is 0 Å². The van der Waals surface area contributed by atoms with Crippen molar-refractivity contribution in [3.8, 4) is 11.3 Å². The summed E-state index contributed by atoms with van der Waals surface area (Å²) in [6.45, 7) is -0.0190. The van der Waals surface area contributed by atoms with Crippen LogP contribution in [0.25, 0.3) is 11.3 Å². The standard InChI is InChI=1S/C22H21ClN2O3/c1-25(15-21(26)24-18-9-7-17(23)8-10-18)22(27)14-12-19-11-13-20(28-19)16-5-3-2-4-6-16/h2-11,13H,12,14-15H2,1H3,(H,24,26). The monoisotopic (exact) mass is 396 g/mol. The maximum Gasteiger partial charge on any atom is 0.243 e. The molecule has 5 nitrogen and oxygen atoms in total. The molecule has 0 atom stereocenters. The molecule has 0 unspecified atom stereocenters. The fraction of sp³-hybridized carbons (Fsp3) is 0.182. The molecule has 0 bridgehead atoms. The number of carbonyl (C=O) groups is 2. The van der Waals surface area contributed by atoms with E-state index in [1.165, 1.54) is 4.90 Å². The van der Waals surface area contributed by atoms with E-state index in [-0.39, 0.29) is 24.8 Å². The quantitative estimate of drug-likeness (QED) is 0.633. The molecular weight excluding hydrogens is 376 g/mol. The molecule has 0 aliphatic carbocycles. The van der Waals surface area contributed by atoms with Gasteiger partial charge < -0.3 is 14.6 Å². The largest absolute Gasteiger partial charge is 0.461 e. The van der Waals surface area contributed by atoms with Gasteiger partial charge in [-0.25, -0.2) is 0 Å². The number of nitrogens with one attached hydrogen (secondary N) is 1. The molecule has 2 aromatic carbocycles. The number of likely N-dealkylation sites (N-methyl/N-ethyl adjacent to an activating group) is 1. The van der Waals surface area contributed by atoms with Crippen molar-refractivity contribution in [2.75, 3.05) is 18.9 Å². The van der Waals surface area contributed by atoms with Crippen molar-refractivity contribution >= 4 is 29.1 Å². The van der Waals surface area contributed by atoms with E-state index in [0.717, 1.165) is 17.1 Å². The Hall–Kier alpha value is -3.05. The van der Waals surface area contributed by atoms with E-state index in [1.807, 2.05) is 42.5 Å². The summed E-state index contributed by atoms with van der Waals surface area (Å²) in [5.74, 6) is 1.14. The second-order valence-electron chi connectivity index (χ2n) is 6.44. The Kier molecular flexibility index (Phi) is 6.50. The summed E-state index contributed by atoms with van der Waals surface area (Å²) in [5, 5.41) is 3.34. The van der Waals surface area contributed by atoms with Crippen LogP contribution < -0.4 is 5.32 Å². The first-order valence-corrected chi connectivity index (χ1v) is 9.32. The van der Waals surface area contributed by atoms with E-state index >= 15 is 0 Å². The van der Waals surface area contributed by atoms with Crippen LogP contribution in [0.1, 0.15) is 12.2 Å². The summed E-state index contributed by atoms with van der Waals surface area (Å²) in [4.78, 5) is 25.8. The minimum Gasteiger partial charge on any atom is -0.461 e. The van der Waals surface area contributed by atoms with E-state index in [0.29, 0.717) is 17.1 Å². The van der Waals surface area contributed by atoms with Crippen LogP contribution in [0.2, 0.25) is 5.02 Å². The molecule has 3 rings (SSSR count). The molecule has 3 aromatic rings. The maximum absolute atomic E-state index is 12.3. The molecule has 144 valence electrons. The maximum atomic E-state index is 12.3.